The van der Waals surface area contributed by atoms with E-state index in [0.29, 0.717) is 37.6 Å². The molecule has 264 valence electrons. The molecule has 6 unspecified atom stereocenters. The second-order valence-corrected chi connectivity index (χ2v) is 10.5. The normalized spacial score (nSPS) is 24.1. The van der Waals surface area contributed by atoms with Crippen LogP contribution in [-0.2, 0) is 28.5 Å². The third-order valence-corrected chi connectivity index (χ3v) is 6.87. The Kier molecular flexibility index (Phi) is 18.4. The van der Waals surface area contributed by atoms with Crippen molar-refractivity contribution in [2.45, 2.75) is 68.0 Å². The highest BCUT2D eigenvalue weighted by Gasteiger charge is 2.46. The van der Waals surface area contributed by atoms with Gasteiger partial charge in [-0.05, 0) is 24.6 Å². The first-order chi connectivity index (χ1) is 22.0. The number of rotatable bonds is 22. The lowest BCUT2D eigenvalue weighted by Crippen LogP contribution is -2.61. The van der Waals surface area contributed by atoms with Gasteiger partial charge < -0.3 is 81.5 Å². The number of aliphatic hydroxyl groups excluding tert-OH is 8. The number of benzene rings is 1. The Balaban J connectivity index is 1.80. The number of anilines is 2. The van der Waals surface area contributed by atoms with E-state index in [1.807, 2.05) is 0 Å². The second kappa shape index (κ2) is 21.3. The van der Waals surface area contributed by atoms with Crippen LogP contribution in [-0.4, -0.2) is 167 Å². The van der Waals surface area contributed by atoms with Gasteiger partial charge >= 0.3 is 0 Å². The molecule has 13 N–H and O–H groups in total. The van der Waals surface area contributed by atoms with Crippen molar-refractivity contribution in [3.8, 4) is 0 Å². The third-order valence-electron chi connectivity index (χ3n) is 6.87. The van der Waals surface area contributed by atoms with Crippen LogP contribution >= 0.6 is 0 Å². The van der Waals surface area contributed by atoms with Gasteiger partial charge in [0.2, 0.25) is 11.8 Å². The van der Waals surface area contributed by atoms with Gasteiger partial charge in [0.15, 0.2) is 6.29 Å². The van der Waals surface area contributed by atoms with Crippen LogP contribution in [0.3, 0.4) is 0 Å². The maximum Gasteiger partial charge on any atom is 0.245 e. The summed E-state index contributed by atoms with van der Waals surface area (Å²) in [5.74, 6) is -0.621. The number of hydrogen-bond acceptors (Lipinski definition) is 16. The molecule has 2 amide bonds. The highest BCUT2D eigenvalue weighted by molar-refractivity contribution is 5.91. The van der Waals surface area contributed by atoms with E-state index in [1.165, 1.54) is 0 Å². The summed E-state index contributed by atoms with van der Waals surface area (Å²) in [7, 11) is 0. The minimum absolute atomic E-state index is 0.125. The highest BCUT2D eigenvalue weighted by Crippen LogP contribution is 2.25. The molecule has 1 aliphatic rings. The van der Waals surface area contributed by atoms with E-state index in [1.54, 1.807) is 24.3 Å². The Morgan fingerprint density at radius 1 is 0.935 bits per heavy atom. The number of carbonyl (C=O) groups is 2. The fourth-order valence-corrected chi connectivity index (χ4v) is 4.33. The van der Waals surface area contributed by atoms with E-state index in [4.69, 9.17) is 24.7 Å². The van der Waals surface area contributed by atoms with Crippen LogP contribution in [0.2, 0.25) is 0 Å². The fraction of sp³-hybridized carbons (Fsp3) is 0.714. The molecule has 46 heavy (non-hydrogen) atoms. The van der Waals surface area contributed by atoms with Crippen molar-refractivity contribution in [1.29, 1.82) is 0 Å². The van der Waals surface area contributed by atoms with Crippen molar-refractivity contribution in [3.63, 3.8) is 0 Å². The molecule has 1 aliphatic heterocycles. The number of aliphatic hydroxyl groups is 8. The van der Waals surface area contributed by atoms with Gasteiger partial charge in [-0.1, -0.05) is 6.07 Å². The number of amides is 2. The van der Waals surface area contributed by atoms with E-state index in [9.17, 15) is 50.4 Å². The van der Waals surface area contributed by atoms with Crippen molar-refractivity contribution in [2.24, 2.45) is 5.73 Å². The Hall–Kier alpha value is -2.56. The number of carbonyl (C=O) groups excluding carboxylic acids is 2. The van der Waals surface area contributed by atoms with Crippen molar-refractivity contribution < 1.29 is 69.4 Å². The quantitative estimate of drug-likeness (QED) is 0.0518. The smallest absolute Gasteiger partial charge is 0.245 e. The first-order valence-corrected chi connectivity index (χ1v) is 14.9. The molecule has 18 heteroatoms. The van der Waals surface area contributed by atoms with Crippen LogP contribution in [0.15, 0.2) is 24.3 Å². The first-order valence-electron chi connectivity index (χ1n) is 14.9. The van der Waals surface area contributed by atoms with Gasteiger partial charge in [-0.25, -0.2) is 0 Å². The van der Waals surface area contributed by atoms with Crippen LogP contribution in [0.25, 0.3) is 0 Å². The maximum absolute atomic E-state index is 12.4. The van der Waals surface area contributed by atoms with Gasteiger partial charge in [-0.3, -0.25) is 9.59 Å². The first kappa shape index (κ1) is 39.6. The molecule has 2 rings (SSSR count). The second-order valence-electron chi connectivity index (χ2n) is 10.5. The number of nitrogens with one attached hydrogen (secondary N) is 3. The average Bonchev–Trinajstić information content (AvgIpc) is 3.05. The van der Waals surface area contributed by atoms with E-state index in [-0.39, 0.29) is 44.5 Å². The van der Waals surface area contributed by atoms with Crippen molar-refractivity contribution in [2.75, 3.05) is 69.9 Å². The summed E-state index contributed by atoms with van der Waals surface area (Å²) in [4.78, 5) is 24.1. The molecular formula is C28H48N4O14. The lowest BCUT2D eigenvalue weighted by molar-refractivity contribution is -0.326. The molecule has 9 atom stereocenters. The van der Waals surface area contributed by atoms with E-state index in [0.717, 1.165) is 0 Å². The highest BCUT2D eigenvalue weighted by atomic mass is 16.7. The molecule has 0 aromatic heterocycles. The Morgan fingerprint density at radius 2 is 1.65 bits per heavy atom. The summed E-state index contributed by atoms with van der Waals surface area (Å²) in [6.45, 7) is -0.386. The van der Waals surface area contributed by atoms with Gasteiger partial charge in [0.25, 0.3) is 0 Å². The summed E-state index contributed by atoms with van der Waals surface area (Å²) in [6.07, 6.45) is -14.8. The van der Waals surface area contributed by atoms with Gasteiger partial charge in [-0.2, -0.15) is 0 Å². The molecule has 1 heterocycles. The summed E-state index contributed by atoms with van der Waals surface area (Å²) >= 11 is 0. The number of nitrogens with two attached hydrogens (primary N) is 1. The fourth-order valence-electron chi connectivity index (χ4n) is 4.33. The van der Waals surface area contributed by atoms with Crippen molar-refractivity contribution >= 4 is 23.2 Å². The summed E-state index contributed by atoms with van der Waals surface area (Å²) < 4.78 is 20.9. The molecule has 18 nitrogen and oxygen atoms in total. The van der Waals surface area contributed by atoms with Crippen LogP contribution in [0.4, 0.5) is 11.4 Å². The van der Waals surface area contributed by atoms with E-state index in [2.05, 4.69) is 16.0 Å². The number of ether oxygens (including phenoxy) is 4. The van der Waals surface area contributed by atoms with Gasteiger partial charge in [0.1, 0.15) is 49.3 Å². The summed E-state index contributed by atoms with van der Waals surface area (Å²) in [6, 6.07) is 6.45. The molecule has 0 spiro atoms. The van der Waals surface area contributed by atoms with Gasteiger partial charge in [0, 0.05) is 37.4 Å². The summed E-state index contributed by atoms with van der Waals surface area (Å²) in [5.41, 5.74) is 6.17. The predicted molar refractivity (Wildman–Crippen MR) is 160 cm³/mol. The standard InChI is InChI=1S/C28H48N4O14/c29-6-8-43-9-10-44-15-22(38)30-7-2-5-21(37)32-17-4-1-3-16(11-17)31-12-18(35)23(39)27(19(36)13-33)46-28-26(42)25(41)24(40)20(14-34)45-28/h1,3-4,11,18-20,23-28,31,33-36,39-42H,2,5-10,12-15,29H2,(H,30,38)(H,32,37)/t18?,19?,20?,23?,24-,25?,26?,27+,28+/m1/s1. The van der Waals surface area contributed by atoms with Crippen LogP contribution in [0.1, 0.15) is 12.8 Å². The molecule has 1 saturated heterocycles. The van der Waals surface area contributed by atoms with E-state index < -0.39 is 68.3 Å². The molecule has 0 saturated carbocycles. The minimum Gasteiger partial charge on any atom is -0.394 e. The monoisotopic (exact) mass is 664 g/mol. The van der Waals surface area contributed by atoms with Crippen LogP contribution < -0.4 is 21.7 Å². The zero-order chi connectivity index (χ0) is 34.1. The van der Waals surface area contributed by atoms with Crippen LogP contribution in [0, 0.1) is 0 Å². The molecule has 1 fully saturated rings. The van der Waals surface area contributed by atoms with Crippen LogP contribution in [0.5, 0.6) is 0 Å². The maximum atomic E-state index is 12.4. The molecule has 0 aliphatic carbocycles. The Labute approximate surface area is 266 Å². The SMILES string of the molecule is NCCOCCOCC(=O)NCCCC(=O)Nc1cccc(NCC(O)C(O)[C@@H](O[C@@H]2OC(CO)[C@@H](O)C(O)C2O)C(O)CO)c1. The van der Waals surface area contributed by atoms with E-state index >= 15 is 0 Å². The lowest BCUT2D eigenvalue weighted by Gasteiger charge is -2.42. The van der Waals surface area contributed by atoms with Gasteiger partial charge in [0.05, 0.1) is 39.1 Å². The molecule has 0 bridgehead atoms. The molecular weight excluding hydrogens is 616 g/mol. The minimum atomic E-state index is -1.85. The summed E-state index contributed by atoms with van der Waals surface area (Å²) in [5, 5.41) is 88.8. The van der Waals surface area contributed by atoms with Crippen molar-refractivity contribution in [3.05, 3.63) is 24.3 Å². The average molecular weight is 665 g/mol. The lowest BCUT2D eigenvalue weighted by atomic mass is 9.98. The molecule has 1 aromatic rings. The predicted octanol–water partition coefficient (Wildman–Crippen LogP) is -4.81. The zero-order valence-corrected chi connectivity index (χ0v) is 25.4. The number of hydrogen-bond donors (Lipinski definition) is 12. The topological polar surface area (TPSA) is 295 Å². The Morgan fingerprint density at radius 3 is 2.35 bits per heavy atom. The third kappa shape index (κ3) is 13.3. The zero-order valence-electron chi connectivity index (χ0n) is 25.4. The molecule has 1 aromatic carbocycles. The molecule has 0 radical (unpaired) electrons. The van der Waals surface area contributed by atoms with Crippen molar-refractivity contribution in [1.82, 2.24) is 5.32 Å². The largest absolute Gasteiger partial charge is 0.394 e. The van der Waals surface area contributed by atoms with Gasteiger partial charge in [-0.15, -0.1) is 0 Å². The Bertz CT molecular complexity index is 1020.